The van der Waals surface area contributed by atoms with E-state index >= 15 is 0 Å². The molecule has 0 fully saturated rings. The quantitative estimate of drug-likeness (QED) is 0.462. The molecule has 0 nitrogen and oxygen atoms in total. The summed E-state index contributed by atoms with van der Waals surface area (Å²) < 4.78 is 0. The highest BCUT2D eigenvalue weighted by molar-refractivity contribution is 7.80. The van der Waals surface area contributed by atoms with Gasteiger partial charge in [0.2, 0.25) is 0 Å². The summed E-state index contributed by atoms with van der Waals surface area (Å²) in [5.41, 5.74) is 0. The molecule has 0 amide bonds. The van der Waals surface area contributed by atoms with Gasteiger partial charge in [-0.05, 0) is 11.6 Å². The predicted octanol–water partition coefficient (Wildman–Crippen LogP) is 1.77. The first-order valence-corrected chi connectivity index (χ1v) is 2.54. The molecule has 0 rings (SSSR count). The maximum atomic E-state index is 4.97. The lowest BCUT2D eigenvalue weighted by Gasteiger charge is -1.68. The summed E-state index contributed by atoms with van der Waals surface area (Å²) in [5, 5.41) is 2.22. The second-order valence-electron chi connectivity index (χ2n) is 0.725. The molecule has 1 radical (unpaired) electrons. The van der Waals surface area contributed by atoms with Crippen molar-refractivity contribution in [3.63, 3.8) is 0 Å². The Morgan fingerprint density at radius 3 is 2.50 bits per heavy atom. The Morgan fingerprint density at radius 2 is 2.33 bits per heavy atom. The second-order valence-corrected chi connectivity index (χ2v) is 1.32. The van der Waals surface area contributed by atoms with Gasteiger partial charge in [0.1, 0.15) is 0 Å². The van der Waals surface area contributed by atoms with E-state index in [1.54, 1.807) is 0 Å². The molecule has 0 aromatic heterocycles. The van der Waals surface area contributed by atoms with Crippen LogP contribution in [0.1, 0.15) is 6.42 Å². The van der Waals surface area contributed by atoms with E-state index in [-0.39, 0.29) is 0 Å². The Kier molecular flexibility index (Phi) is 5.37. The zero-order valence-corrected chi connectivity index (χ0v) is 4.77. The standard InChI is InChI=1S/C4H4ClS/c5-3-1-2-4-6/h2,4H2. The Morgan fingerprint density at radius 1 is 1.67 bits per heavy atom. The van der Waals surface area contributed by atoms with Gasteiger partial charge in [-0.2, -0.15) is 0 Å². The van der Waals surface area contributed by atoms with Crippen LogP contribution in [-0.2, 0) is 0 Å². The third-order valence-electron chi connectivity index (χ3n) is 0.294. The minimum absolute atomic E-state index is 0.680. The van der Waals surface area contributed by atoms with E-state index in [4.69, 9.17) is 11.6 Å². The largest absolute Gasteiger partial charge is 0.0931 e. The van der Waals surface area contributed by atoms with Crippen molar-refractivity contribution in [1.29, 1.82) is 0 Å². The van der Waals surface area contributed by atoms with E-state index < -0.39 is 0 Å². The van der Waals surface area contributed by atoms with Gasteiger partial charge in [0.05, 0.1) is 0 Å². The lowest BCUT2D eigenvalue weighted by atomic mass is 10.5. The van der Waals surface area contributed by atoms with Crippen LogP contribution in [0.15, 0.2) is 0 Å². The average molecular weight is 120 g/mol. The fraction of sp³-hybridized carbons (Fsp3) is 0.500. The average Bonchev–Trinajstić information content (AvgIpc) is 1.61. The third-order valence-corrected chi connectivity index (χ3v) is 0.632. The molecule has 0 bridgehead atoms. The maximum Gasteiger partial charge on any atom is 0.0201 e. The van der Waals surface area contributed by atoms with Crippen LogP contribution in [-0.4, -0.2) is 5.75 Å². The molecule has 0 aromatic carbocycles. The first-order valence-electron chi connectivity index (χ1n) is 1.58. The summed E-state index contributed by atoms with van der Waals surface area (Å²) in [4.78, 5) is 0. The monoisotopic (exact) mass is 119 g/mol. The van der Waals surface area contributed by atoms with Gasteiger partial charge >= 0.3 is 0 Å². The van der Waals surface area contributed by atoms with Gasteiger partial charge < -0.3 is 0 Å². The number of rotatable bonds is 1. The highest BCUT2D eigenvalue weighted by Gasteiger charge is 1.66. The van der Waals surface area contributed by atoms with Gasteiger partial charge in [0, 0.05) is 17.6 Å². The molecular weight excluding hydrogens is 116 g/mol. The summed E-state index contributed by atoms with van der Waals surface area (Å²) in [5.74, 6) is 3.29. The molecule has 0 saturated carbocycles. The van der Waals surface area contributed by atoms with Crippen LogP contribution in [0.25, 0.3) is 0 Å². The van der Waals surface area contributed by atoms with E-state index in [2.05, 4.69) is 23.9 Å². The molecule has 0 aliphatic carbocycles. The van der Waals surface area contributed by atoms with Crippen molar-refractivity contribution in [2.24, 2.45) is 0 Å². The van der Waals surface area contributed by atoms with Crippen molar-refractivity contribution in [1.82, 2.24) is 0 Å². The van der Waals surface area contributed by atoms with Crippen molar-refractivity contribution in [3.8, 4) is 11.3 Å². The Balaban J connectivity index is 2.79. The molecule has 0 unspecified atom stereocenters. The predicted molar refractivity (Wildman–Crippen MR) is 30.7 cm³/mol. The zero-order valence-electron chi connectivity index (χ0n) is 3.20. The van der Waals surface area contributed by atoms with E-state index in [1.807, 2.05) is 0 Å². The fourth-order valence-corrected chi connectivity index (χ4v) is 0.295. The molecular formula is C4H4ClS. The maximum absolute atomic E-state index is 4.97. The van der Waals surface area contributed by atoms with Crippen molar-refractivity contribution in [3.05, 3.63) is 0 Å². The van der Waals surface area contributed by atoms with Crippen molar-refractivity contribution < 1.29 is 0 Å². The number of hydrogen-bond acceptors (Lipinski definition) is 0. The molecule has 0 aliphatic rings. The Bertz CT molecular complexity index is 69.4. The molecule has 33 valence electrons. The second kappa shape index (κ2) is 5.20. The van der Waals surface area contributed by atoms with Crippen molar-refractivity contribution in [2.45, 2.75) is 6.42 Å². The molecule has 0 heterocycles. The van der Waals surface area contributed by atoms with E-state index in [0.717, 1.165) is 6.42 Å². The highest BCUT2D eigenvalue weighted by Crippen LogP contribution is 1.78. The molecule has 0 N–H and O–H groups in total. The van der Waals surface area contributed by atoms with Crippen LogP contribution >= 0.6 is 24.2 Å². The van der Waals surface area contributed by atoms with Crippen LogP contribution in [0, 0.1) is 11.3 Å². The summed E-state index contributed by atoms with van der Waals surface area (Å²) in [7, 11) is 0. The Hall–Kier alpha value is 0.200. The smallest absolute Gasteiger partial charge is 0.0201 e. The van der Waals surface area contributed by atoms with Gasteiger partial charge in [-0.15, -0.1) is 0 Å². The minimum atomic E-state index is 0.680. The van der Waals surface area contributed by atoms with Gasteiger partial charge in [-0.1, -0.05) is 18.5 Å². The van der Waals surface area contributed by atoms with Crippen molar-refractivity contribution >= 4 is 24.2 Å². The summed E-state index contributed by atoms with van der Waals surface area (Å²) in [6.45, 7) is 0. The minimum Gasteiger partial charge on any atom is -0.0931 e. The first-order chi connectivity index (χ1) is 2.91. The molecule has 0 aromatic rings. The van der Waals surface area contributed by atoms with E-state index in [1.165, 1.54) is 0 Å². The molecule has 0 saturated heterocycles. The number of hydrogen-bond donors (Lipinski definition) is 0. The van der Waals surface area contributed by atoms with Crippen LogP contribution in [0.2, 0.25) is 0 Å². The molecule has 0 aliphatic heterocycles. The lowest BCUT2D eigenvalue weighted by Crippen LogP contribution is -1.62. The summed E-state index contributed by atoms with van der Waals surface area (Å²) in [6.07, 6.45) is 0.735. The zero-order chi connectivity index (χ0) is 4.83. The fourth-order valence-electron chi connectivity index (χ4n) is 0.0983. The Labute approximate surface area is 48.3 Å². The van der Waals surface area contributed by atoms with Gasteiger partial charge in [0.25, 0.3) is 0 Å². The third kappa shape index (κ3) is 4.20. The number of halogens is 1. The SMILES string of the molecule is [S]CCC#CCl. The first kappa shape index (κ1) is 6.20. The molecule has 0 atom stereocenters. The van der Waals surface area contributed by atoms with E-state index in [0.29, 0.717) is 5.75 Å². The molecule has 2 heteroatoms. The summed E-state index contributed by atoms with van der Waals surface area (Å²) >= 11 is 9.53. The lowest BCUT2D eigenvalue weighted by molar-refractivity contribution is 1.31. The molecule has 0 spiro atoms. The van der Waals surface area contributed by atoms with Crippen LogP contribution in [0.4, 0.5) is 0 Å². The molecule has 6 heavy (non-hydrogen) atoms. The van der Waals surface area contributed by atoms with Crippen LogP contribution < -0.4 is 0 Å². The normalized spacial score (nSPS) is 6.33. The van der Waals surface area contributed by atoms with Gasteiger partial charge in [-0.3, -0.25) is 0 Å². The van der Waals surface area contributed by atoms with Gasteiger partial charge in [0.15, 0.2) is 0 Å². The van der Waals surface area contributed by atoms with Crippen molar-refractivity contribution in [2.75, 3.05) is 5.75 Å². The van der Waals surface area contributed by atoms with E-state index in [9.17, 15) is 0 Å². The van der Waals surface area contributed by atoms with Crippen LogP contribution in [0.5, 0.6) is 0 Å². The topological polar surface area (TPSA) is 0 Å². The van der Waals surface area contributed by atoms with Crippen LogP contribution in [0.3, 0.4) is 0 Å². The highest BCUT2D eigenvalue weighted by atomic mass is 35.5. The summed E-state index contributed by atoms with van der Waals surface area (Å²) in [6, 6.07) is 0. The van der Waals surface area contributed by atoms with Gasteiger partial charge in [-0.25, -0.2) is 0 Å².